The van der Waals surface area contributed by atoms with E-state index in [9.17, 15) is 8.42 Å². The van der Waals surface area contributed by atoms with E-state index in [1.54, 1.807) is 10.4 Å². The Hall–Kier alpha value is -2.91. The molecule has 0 radical (unpaired) electrons. The van der Waals surface area contributed by atoms with Gasteiger partial charge in [0.25, 0.3) is 0 Å². The number of hydrogen-bond acceptors (Lipinski definition) is 7. The molecule has 1 aliphatic carbocycles. The average Bonchev–Trinajstić information content (AvgIpc) is 3.53. The van der Waals surface area contributed by atoms with Gasteiger partial charge in [0.1, 0.15) is 0 Å². The molecule has 1 saturated heterocycles. The van der Waals surface area contributed by atoms with Crippen molar-refractivity contribution in [1.29, 1.82) is 0 Å². The minimum Gasteiger partial charge on any atom is -0.454 e. The minimum absolute atomic E-state index is 0.138. The fraction of sp³-hybridized carbons (Fsp3) is 0.417. The zero-order valence-corrected chi connectivity index (χ0v) is 19.0. The van der Waals surface area contributed by atoms with Crippen molar-refractivity contribution in [1.82, 2.24) is 14.4 Å². The summed E-state index contributed by atoms with van der Waals surface area (Å²) < 4.78 is 44.7. The van der Waals surface area contributed by atoms with Crippen LogP contribution >= 0.6 is 0 Å². The molecule has 3 aromatic rings. The monoisotopic (exact) mass is 467 g/mol. The number of fused-ring (bicyclic) bond motifs is 2. The van der Waals surface area contributed by atoms with Crippen molar-refractivity contribution in [3.05, 3.63) is 53.4 Å². The molecule has 3 aliphatic rings. The van der Waals surface area contributed by atoms with Crippen molar-refractivity contribution in [2.75, 3.05) is 19.9 Å². The van der Waals surface area contributed by atoms with Crippen LogP contribution in [0.1, 0.15) is 48.6 Å². The Labute approximate surface area is 192 Å². The summed E-state index contributed by atoms with van der Waals surface area (Å²) in [7, 11) is -3.58. The second-order valence-electron chi connectivity index (χ2n) is 8.86. The fourth-order valence-electron chi connectivity index (χ4n) is 4.94. The highest BCUT2D eigenvalue weighted by molar-refractivity contribution is 7.89. The first kappa shape index (κ1) is 20.7. The van der Waals surface area contributed by atoms with E-state index in [4.69, 9.17) is 14.0 Å². The molecular weight excluding hydrogens is 442 g/mol. The van der Waals surface area contributed by atoms with E-state index in [2.05, 4.69) is 10.1 Å². The molecule has 0 N–H and O–H groups in total. The van der Waals surface area contributed by atoms with Gasteiger partial charge in [0.15, 0.2) is 11.5 Å². The zero-order chi connectivity index (χ0) is 22.4. The van der Waals surface area contributed by atoms with Crippen molar-refractivity contribution < 1.29 is 22.4 Å². The summed E-state index contributed by atoms with van der Waals surface area (Å²) >= 11 is 0. The van der Waals surface area contributed by atoms with Gasteiger partial charge in [-0.2, -0.15) is 9.29 Å². The molecule has 8 nitrogen and oxygen atoms in total. The van der Waals surface area contributed by atoms with Gasteiger partial charge < -0.3 is 14.0 Å². The van der Waals surface area contributed by atoms with Gasteiger partial charge in [0.05, 0.1) is 10.8 Å². The Kier molecular flexibility index (Phi) is 5.10. The van der Waals surface area contributed by atoms with Gasteiger partial charge in [-0.05, 0) is 80.0 Å². The van der Waals surface area contributed by atoms with E-state index >= 15 is 0 Å². The Morgan fingerprint density at radius 1 is 0.939 bits per heavy atom. The van der Waals surface area contributed by atoms with Crippen molar-refractivity contribution in [3.8, 4) is 22.9 Å². The maximum absolute atomic E-state index is 13.4. The zero-order valence-electron chi connectivity index (χ0n) is 18.2. The third-order valence-corrected chi connectivity index (χ3v) is 8.62. The Balaban J connectivity index is 1.22. The first-order valence-corrected chi connectivity index (χ1v) is 12.9. The molecule has 172 valence electrons. The Morgan fingerprint density at radius 2 is 1.79 bits per heavy atom. The summed E-state index contributed by atoms with van der Waals surface area (Å²) in [6.07, 6.45) is 5.82. The van der Waals surface area contributed by atoms with Crippen molar-refractivity contribution >= 4 is 10.0 Å². The first-order chi connectivity index (χ1) is 16.1. The molecule has 0 amide bonds. The van der Waals surface area contributed by atoms with Gasteiger partial charge in [-0.15, -0.1) is 0 Å². The molecule has 2 aromatic carbocycles. The molecule has 2 aliphatic heterocycles. The molecular formula is C24H25N3O5S. The molecule has 1 aromatic heterocycles. The maximum Gasteiger partial charge on any atom is 0.243 e. The van der Waals surface area contributed by atoms with Crippen molar-refractivity contribution in [2.45, 2.75) is 49.3 Å². The molecule has 0 spiro atoms. The third kappa shape index (κ3) is 3.79. The maximum atomic E-state index is 13.4. The average molecular weight is 468 g/mol. The number of hydrogen-bond donors (Lipinski definition) is 0. The summed E-state index contributed by atoms with van der Waals surface area (Å²) in [5.74, 6) is 2.13. The molecule has 33 heavy (non-hydrogen) atoms. The number of benzene rings is 2. The van der Waals surface area contributed by atoms with E-state index in [-0.39, 0.29) is 12.7 Å². The number of ether oxygens (including phenoxy) is 2. The molecule has 9 heteroatoms. The van der Waals surface area contributed by atoms with Gasteiger partial charge >= 0.3 is 0 Å². The largest absolute Gasteiger partial charge is 0.454 e. The van der Waals surface area contributed by atoms with E-state index in [0.717, 1.165) is 37.7 Å². The second kappa shape index (κ2) is 8.14. The molecule has 3 heterocycles. The molecule has 6 rings (SSSR count). The van der Waals surface area contributed by atoms with E-state index in [1.165, 1.54) is 17.5 Å². The van der Waals surface area contributed by atoms with E-state index in [1.807, 2.05) is 30.3 Å². The quantitative estimate of drug-likeness (QED) is 0.574. The topological polar surface area (TPSA) is 94.8 Å². The summed E-state index contributed by atoms with van der Waals surface area (Å²) in [5.41, 5.74) is 3.21. The summed E-state index contributed by atoms with van der Waals surface area (Å²) in [6, 6.07) is 11.1. The normalized spacial score (nSPS) is 20.5. The van der Waals surface area contributed by atoms with Gasteiger partial charge in [-0.1, -0.05) is 11.2 Å². The van der Waals surface area contributed by atoms with Gasteiger partial charge in [-0.3, -0.25) is 0 Å². The first-order valence-electron chi connectivity index (χ1n) is 11.4. The van der Waals surface area contributed by atoms with Crippen LogP contribution in [0.5, 0.6) is 11.5 Å². The lowest BCUT2D eigenvalue weighted by molar-refractivity contribution is 0.174. The lowest BCUT2D eigenvalue weighted by atomic mass is 9.92. The predicted octanol–water partition coefficient (Wildman–Crippen LogP) is 3.91. The predicted molar refractivity (Wildman–Crippen MR) is 120 cm³/mol. The summed E-state index contributed by atoms with van der Waals surface area (Å²) in [4.78, 5) is 4.97. The highest BCUT2D eigenvalue weighted by Gasteiger charge is 2.34. The number of aryl methyl sites for hydroxylation is 2. The fourth-order valence-corrected chi connectivity index (χ4v) is 6.51. The van der Waals surface area contributed by atoms with Gasteiger partial charge in [0, 0.05) is 18.7 Å². The third-order valence-electron chi connectivity index (χ3n) is 6.76. The van der Waals surface area contributed by atoms with Gasteiger partial charge in [0.2, 0.25) is 28.5 Å². The molecule has 1 fully saturated rings. The van der Waals surface area contributed by atoms with Crippen LogP contribution in [0.2, 0.25) is 0 Å². The molecule has 0 saturated carbocycles. The highest BCUT2D eigenvalue weighted by atomic mass is 32.2. The lowest BCUT2D eigenvalue weighted by Gasteiger charge is -2.30. The van der Waals surface area contributed by atoms with Crippen LogP contribution in [0.3, 0.4) is 0 Å². The summed E-state index contributed by atoms with van der Waals surface area (Å²) in [6.45, 7) is 1.04. The van der Waals surface area contributed by atoms with Crippen LogP contribution in [-0.2, 0) is 22.9 Å². The lowest BCUT2D eigenvalue weighted by Crippen LogP contribution is -2.39. The SMILES string of the molecule is O=S(=O)(c1ccc2c(c1)CCCC2)N1CCC[C@@H](c2nc(-c3ccc4c(c3)OCO4)no2)C1. The second-order valence-corrected chi connectivity index (χ2v) is 10.8. The number of rotatable bonds is 4. The van der Waals surface area contributed by atoms with Crippen LogP contribution in [0.25, 0.3) is 11.4 Å². The highest BCUT2D eigenvalue weighted by Crippen LogP contribution is 2.36. The summed E-state index contributed by atoms with van der Waals surface area (Å²) in [5, 5.41) is 4.13. The van der Waals surface area contributed by atoms with Crippen molar-refractivity contribution in [2.24, 2.45) is 0 Å². The van der Waals surface area contributed by atoms with Crippen LogP contribution in [0, 0.1) is 0 Å². The van der Waals surface area contributed by atoms with Crippen LogP contribution in [-0.4, -0.2) is 42.7 Å². The smallest absolute Gasteiger partial charge is 0.243 e. The van der Waals surface area contributed by atoms with E-state index in [0.29, 0.717) is 41.2 Å². The Bertz CT molecular complexity index is 1300. The minimum atomic E-state index is -3.58. The van der Waals surface area contributed by atoms with Crippen LogP contribution in [0.4, 0.5) is 0 Å². The van der Waals surface area contributed by atoms with E-state index < -0.39 is 10.0 Å². The van der Waals surface area contributed by atoms with Crippen LogP contribution < -0.4 is 9.47 Å². The Morgan fingerprint density at radius 3 is 2.70 bits per heavy atom. The molecule has 1 atom stereocenters. The number of aromatic nitrogens is 2. The van der Waals surface area contributed by atoms with Crippen LogP contribution in [0.15, 0.2) is 45.8 Å². The van der Waals surface area contributed by atoms with Gasteiger partial charge in [-0.25, -0.2) is 8.42 Å². The molecule has 0 bridgehead atoms. The standard InChI is InChI=1S/C24H25N3O5S/c28-33(29,20-9-7-16-4-1-2-5-17(16)12-20)27-11-3-6-19(14-27)24-25-23(26-32-24)18-8-10-21-22(13-18)31-15-30-21/h7-10,12-13,19H,1-6,11,14-15H2/t19-/m1/s1. The number of sulfonamides is 1. The molecule has 0 unspecified atom stereocenters. The number of nitrogens with zero attached hydrogens (tertiary/aromatic N) is 3. The van der Waals surface area contributed by atoms with Crippen molar-refractivity contribution in [3.63, 3.8) is 0 Å². The number of piperidine rings is 1.